The number of hydrogen-bond acceptors (Lipinski definition) is 5. The summed E-state index contributed by atoms with van der Waals surface area (Å²) in [6.07, 6.45) is 1.64. The summed E-state index contributed by atoms with van der Waals surface area (Å²) >= 11 is 7.69. The van der Waals surface area contributed by atoms with Gasteiger partial charge >= 0.3 is 0 Å². The first-order valence-corrected chi connectivity index (χ1v) is 10.5. The molecule has 1 aliphatic rings. The quantitative estimate of drug-likeness (QED) is 0.712. The van der Waals surface area contributed by atoms with Gasteiger partial charge in [0.2, 0.25) is 0 Å². The molecule has 2 aromatic rings. The molecule has 0 radical (unpaired) electrons. The number of pyridine rings is 1. The van der Waals surface area contributed by atoms with Crippen LogP contribution < -0.4 is 5.32 Å². The van der Waals surface area contributed by atoms with Crippen LogP contribution in [-0.4, -0.2) is 54.4 Å². The average Bonchev–Trinajstić information content (AvgIpc) is 2.71. The monoisotopic (exact) mass is 405 g/mol. The first kappa shape index (κ1) is 20.1. The summed E-state index contributed by atoms with van der Waals surface area (Å²) in [5, 5.41) is 4.70. The zero-order chi connectivity index (χ0) is 19.1. The molecule has 7 heteroatoms. The van der Waals surface area contributed by atoms with E-state index in [1.54, 1.807) is 18.0 Å². The number of carbonyl (C=O) groups excluding carboxylic acids is 1. The average molecular weight is 406 g/mol. The zero-order valence-corrected chi connectivity index (χ0v) is 16.9. The molecule has 1 aromatic carbocycles. The van der Waals surface area contributed by atoms with Crippen molar-refractivity contribution in [1.29, 1.82) is 0 Å². The number of thioether (sulfide) groups is 1. The first-order chi connectivity index (χ1) is 13.2. The van der Waals surface area contributed by atoms with Crippen LogP contribution in [0.3, 0.4) is 0 Å². The Morgan fingerprint density at radius 1 is 1.26 bits per heavy atom. The molecule has 1 unspecified atom stereocenters. The molecule has 144 valence electrons. The minimum atomic E-state index is -0.109. The maximum absolute atomic E-state index is 12.6. The number of halogens is 1. The van der Waals surface area contributed by atoms with Gasteiger partial charge in [-0.1, -0.05) is 30.7 Å². The van der Waals surface area contributed by atoms with E-state index in [0.29, 0.717) is 30.3 Å². The van der Waals surface area contributed by atoms with Gasteiger partial charge in [-0.2, -0.15) is 0 Å². The van der Waals surface area contributed by atoms with Crippen molar-refractivity contribution in [3.8, 4) is 0 Å². The molecule has 1 atom stereocenters. The van der Waals surface area contributed by atoms with E-state index in [4.69, 9.17) is 16.3 Å². The molecular weight excluding hydrogens is 382 g/mol. The van der Waals surface area contributed by atoms with Gasteiger partial charge in [0, 0.05) is 30.9 Å². The van der Waals surface area contributed by atoms with Crippen LogP contribution in [-0.2, 0) is 4.74 Å². The Bertz CT molecular complexity index is 734. The summed E-state index contributed by atoms with van der Waals surface area (Å²) in [6, 6.07) is 11.6. The predicted octanol–water partition coefficient (Wildman–Crippen LogP) is 3.65. The lowest BCUT2D eigenvalue weighted by atomic mass is 10.0. The second kappa shape index (κ2) is 10.1. The zero-order valence-electron chi connectivity index (χ0n) is 15.4. The normalized spacial score (nSPS) is 16.1. The molecule has 0 aliphatic carbocycles. The standard InChI is InChI=1S/C20H24ClN3O2S/c1-2-27-19-8-5-16(13-22-19)20(25)23-14-18(24-9-11-26-12-10-24)15-3-6-17(21)7-4-15/h3-8,13,18H,2,9-12,14H2,1H3,(H,23,25). The third kappa shape index (κ3) is 5.69. The highest BCUT2D eigenvalue weighted by atomic mass is 35.5. The van der Waals surface area contributed by atoms with Crippen molar-refractivity contribution in [2.24, 2.45) is 0 Å². The van der Waals surface area contributed by atoms with Crippen molar-refractivity contribution in [2.75, 3.05) is 38.6 Å². The molecule has 0 saturated carbocycles. The number of aromatic nitrogens is 1. The van der Waals surface area contributed by atoms with Crippen molar-refractivity contribution < 1.29 is 9.53 Å². The Morgan fingerprint density at radius 3 is 2.63 bits per heavy atom. The topological polar surface area (TPSA) is 54.5 Å². The van der Waals surface area contributed by atoms with E-state index in [-0.39, 0.29) is 11.9 Å². The fourth-order valence-corrected chi connectivity index (χ4v) is 3.78. The molecule has 1 N–H and O–H groups in total. The minimum Gasteiger partial charge on any atom is -0.379 e. The molecule has 0 bridgehead atoms. The number of carbonyl (C=O) groups is 1. The molecular formula is C20H24ClN3O2S. The lowest BCUT2D eigenvalue weighted by Gasteiger charge is -2.35. The number of rotatable bonds is 7. The number of hydrogen-bond donors (Lipinski definition) is 1. The van der Waals surface area contributed by atoms with Crippen LogP contribution in [0.1, 0.15) is 28.9 Å². The van der Waals surface area contributed by atoms with Gasteiger partial charge in [0.15, 0.2) is 0 Å². The van der Waals surface area contributed by atoms with E-state index in [1.165, 1.54) is 0 Å². The summed E-state index contributed by atoms with van der Waals surface area (Å²) in [4.78, 5) is 19.2. The number of nitrogens with one attached hydrogen (secondary N) is 1. The lowest BCUT2D eigenvalue weighted by Crippen LogP contribution is -2.43. The Kier molecular flexibility index (Phi) is 7.52. The summed E-state index contributed by atoms with van der Waals surface area (Å²) in [5.41, 5.74) is 1.71. The molecule has 2 heterocycles. The van der Waals surface area contributed by atoms with Crippen LogP contribution in [0.5, 0.6) is 0 Å². The van der Waals surface area contributed by atoms with Gasteiger partial charge in [-0.3, -0.25) is 9.69 Å². The van der Waals surface area contributed by atoms with E-state index in [2.05, 4.69) is 22.1 Å². The van der Waals surface area contributed by atoms with Gasteiger partial charge in [0.1, 0.15) is 0 Å². The molecule has 1 saturated heterocycles. The molecule has 3 rings (SSSR count). The van der Waals surface area contributed by atoms with Gasteiger partial charge < -0.3 is 10.1 Å². The summed E-state index contributed by atoms with van der Waals surface area (Å²) in [6.45, 7) is 5.69. The molecule has 1 amide bonds. The summed E-state index contributed by atoms with van der Waals surface area (Å²) in [7, 11) is 0. The number of ether oxygens (including phenoxy) is 1. The number of morpholine rings is 1. The SMILES string of the molecule is CCSc1ccc(C(=O)NCC(c2ccc(Cl)cc2)N2CCOCC2)cn1. The van der Waals surface area contributed by atoms with Crippen LogP contribution in [0.2, 0.25) is 5.02 Å². The van der Waals surface area contributed by atoms with Gasteiger partial charge in [-0.05, 0) is 35.6 Å². The van der Waals surface area contributed by atoms with E-state index in [9.17, 15) is 4.79 Å². The van der Waals surface area contributed by atoms with Crippen molar-refractivity contribution in [3.05, 3.63) is 58.7 Å². The molecule has 1 aromatic heterocycles. The maximum Gasteiger partial charge on any atom is 0.252 e. The van der Waals surface area contributed by atoms with Crippen LogP contribution in [0.4, 0.5) is 0 Å². The fourth-order valence-electron chi connectivity index (χ4n) is 3.07. The first-order valence-electron chi connectivity index (χ1n) is 9.11. The Morgan fingerprint density at radius 2 is 2.00 bits per heavy atom. The number of amides is 1. The fraction of sp³-hybridized carbons (Fsp3) is 0.400. The van der Waals surface area contributed by atoms with Crippen molar-refractivity contribution in [1.82, 2.24) is 15.2 Å². The van der Waals surface area contributed by atoms with E-state index in [0.717, 1.165) is 29.4 Å². The van der Waals surface area contributed by atoms with Crippen LogP contribution in [0.15, 0.2) is 47.6 Å². The highest BCUT2D eigenvalue weighted by Crippen LogP contribution is 2.23. The molecule has 0 spiro atoms. The third-order valence-electron chi connectivity index (χ3n) is 4.49. The number of benzene rings is 1. The van der Waals surface area contributed by atoms with Crippen molar-refractivity contribution >= 4 is 29.3 Å². The molecule has 1 fully saturated rings. The Hall–Kier alpha value is -1.60. The van der Waals surface area contributed by atoms with Crippen LogP contribution in [0.25, 0.3) is 0 Å². The third-order valence-corrected chi connectivity index (χ3v) is 5.57. The molecule has 1 aliphatic heterocycles. The van der Waals surface area contributed by atoms with E-state index < -0.39 is 0 Å². The minimum absolute atomic E-state index is 0.0815. The maximum atomic E-state index is 12.6. The van der Waals surface area contributed by atoms with Crippen molar-refractivity contribution in [3.63, 3.8) is 0 Å². The molecule has 27 heavy (non-hydrogen) atoms. The lowest BCUT2D eigenvalue weighted by molar-refractivity contribution is 0.0162. The van der Waals surface area contributed by atoms with Crippen LogP contribution in [0, 0.1) is 0 Å². The van der Waals surface area contributed by atoms with E-state index in [1.807, 2.05) is 36.4 Å². The van der Waals surface area contributed by atoms with E-state index >= 15 is 0 Å². The second-order valence-corrected chi connectivity index (χ2v) is 7.96. The van der Waals surface area contributed by atoms with Gasteiger partial charge in [0.25, 0.3) is 5.91 Å². The van der Waals surface area contributed by atoms with Gasteiger partial charge in [0.05, 0.1) is 29.8 Å². The largest absolute Gasteiger partial charge is 0.379 e. The van der Waals surface area contributed by atoms with Gasteiger partial charge in [-0.25, -0.2) is 4.98 Å². The predicted molar refractivity (Wildman–Crippen MR) is 110 cm³/mol. The highest BCUT2D eigenvalue weighted by molar-refractivity contribution is 7.99. The second-order valence-electron chi connectivity index (χ2n) is 6.24. The van der Waals surface area contributed by atoms with Crippen molar-refractivity contribution in [2.45, 2.75) is 18.0 Å². The smallest absolute Gasteiger partial charge is 0.252 e. The highest BCUT2D eigenvalue weighted by Gasteiger charge is 2.23. The Balaban J connectivity index is 1.67. The molecule has 5 nitrogen and oxygen atoms in total. The number of nitrogens with zero attached hydrogens (tertiary/aromatic N) is 2. The summed E-state index contributed by atoms with van der Waals surface area (Å²) < 4.78 is 5.47. The van der Waals surface area contributed by atoms with Crippen LogP contribution >= 0.6 is 23.4 Å². The van der Waals surface area contributed by atoms with Gasteiger partial charge in [-0.15, -0.1) is 11.8 Å². The Labute approximate surface area is 169 Å². The summed E-state index contributed by atoms with van der Waals surface area (Å²) in [5.74, 6) is 0.851.